The molecule has 0 bridgehead atoms. The van der Waals surface area contributed by atoms with Crippen molar-refractivity contribution in [3.63, 3.8) is 0 Å². The third kappa shape index (κ3) is 5.00. The summed E-state index contributed by atoms with van der Waals surface area (Å²) in [4.78, 5) is 21.8. The number of benzene rings is 1. The molecule has 1 aromatic heterocycles. The Balaban J connectivity index is 1.76. The highest BCUT2D eigenvalue weighted by Gasteiger charge is 2.18. The van der Waals surface area contributed by atoms with Gasteiger partial charge in [-0.05, 0) is 31.5 Å². The van der Waals surface area contributed by atoms with Crippen LogP contribution in [0.1, 0.15) is 24.1 Å². The molecule has 1 aliphatic rings. The zero-order valence-corrected chi connectivity index (χ0v) is 15.5. The second-order valence-electron chi connectivity index (χ2n) is 6.79. The molecule has 1 N–H and O–H groups in total. The SMILES string of the molecule is COCCc1cc(=O)[nH]c(-c2cccc(CN(C)C3CCOCC3)c2)n1. The minimum atomic E-state index is -0.133. The fourth-order valence-electron chi connectivity index (χ4n) is 3.34. The standard InChI is InChI=1S/C20H27N3O3/c1-23(18-7-10-26-11-8-18)14-15-4-3-5-16(12-15)20-21-17(6-9-25-2)13-19(24)22-20/h3-5,12-13,18H,6-11,14H2,1-2H3,(H,21,22,24). The molecule has 0 amide bonds. The van der Waals surface area contributed by atoms with Crippen LogP contribution in [0, 0.1) is 0 Å². The highest BCUT2D eigenvalue weighted by atomic mass is 16.5. The zero-order chi connectivity index (χ0) is 18.4. The summed E-state index contributed by atoms with van der Waals surface area (Å²) >= 11 is 0. The Morgan fingerprint density at radius 3 is 2.88 bits per heavy atom. The number of hydrogen-bond acceptors (Lipinski definition) is 5. The summed E-state index contributed by atoms with van der Waals surface area (Å²) < 4.78 is 10.5. The van der Waals surface area contributed by atoms with E-state index in [1.54, 1.807) is 7.11 Å². The molecule has 1 saturated heterocycles. The number of nitrogens with one attached hydrogen (secondary N) is 1. The average molecular weight is 357 g/mol. The minimum Gasteiger partial charge on any atom is -0.384 e. The van der Waals surface area contributed by atoms with Gasteiger partial charge in [0.05, 0.1) is 12.3 Å². The van der Waals surface area contributed by atoms with Crippen molar-refractivity contribution in [2.45, 2.75) is 31.8 Å². The second-order valence-corrected chi connectivity index (χ2v) is 6.79. The van der Waals surface area contributed by atoms with Gasteiger partial charge < -0.3 is 14.5 Å². The van der Waals surface area contributed by atoms with Crippen LogP contribution in [0.2, 0.25) is 0 Å². The first-order valence-corrected chi connectivity index (χ1v) is 9.12. The molecule has 2 aromatic rings. The Morgan fingerprint density at radius 2 is 2.12 bits per heavy atom. The normalized spacial score (nSPS) is 15.5. The van der Waals surface area contributed by atoms with Gasteiger partial charge >= 0.3 is 0 Å². The lowest BCUT2D eigenvalue weighted by Gasteiger charge is -2.31. The van der Waals surface area contributed by atoms with Gasteiger partial charge in [-0.2, -0.15) is 0 Å². The molecule has 0 spiro atoms. The maximum Gasteiger partial charge on any atom is 0.251 e. The summed E-state index contributed by atoms with van der Waals surface area (Å²) in [7, 11) is 3.81. The van der Waals surface area contributed by atoms with Gasteiger partial charge in [-0.1, -0.05) is 18.2 Å². The maximum atomic E-state index is 12.0. The number of hydrogen-bond donors (Lipinski definition) is 1. The molecule has 0 aliphatic carbocycles. The fraction of sp³-hybridized carbons (Fsp3) is 0.500. The van der Waals surface area contributed by atoms with E-state index >= 15 is 0 Å². The van der Waals surface area contributed by atoms with E-state index in [2.05, 4.69) is 34.0 Å². The highest BCUT2D eigenvalue weighted by molar-refractivity contribution is 5.56. The predicted molar refractivity (Wildman–Crippen MR) is 101 cm³/mol. The quantitative estimate of drug-likeness (QED) is 0.823. The van der Waals surface area contributed by atoms with Crippen LogP contribution in [-0.4, -0.2) is 54.9 Å². The third-order valence-electron chi connectivity index (χ3n) is 4.80. The summed E-state index contributed by atoms with van der Waals surface area (Å²) in [5.41, 5.74) is 2.75. The summed E-state index contributed by atoms with van der Waals surface area (Å²) in [5.74, 6) is 0.610. The number of H-pyrrole nitrogens is 1. The second kappa shape index (κ2) is 9.07. The van der Waals surface area contributed by atoms with E-state index in [1.165, 1.54) is 11.6 Å². The summed E-state index contributed by atoms with van der Waals surface area (Å²) in [6, 6.07) is 10.3. The largest absolute Gasteiger partial charge is 0.384 e. The van der Waals surface area contributed by atoms with E-state index in [4.69, 9.17) is 9.47 Å². The van der Waals surface area contributed by atoms with Crippen molar-refractivity contribution >= 4 is 0 Å². The summed E-state index contributed by atoms with van der Waals surface area (Å²) in [6.45, 7) is 3.10. The average Bonchev–Trinajstić information content (AvgIpc) is 2.67. The molecule has 26 heavy (non-hydrogen) atoms. The molecule has 1 aliphatic heterocycles. The van der Waals surface area contributed by atoms with Crippen LogP contribution in [0.3, 0.4) is 0 Å². The van der Waals surface area contributed by atoms with E-state index in [0.717, 1.165) is 43.9 Å². The van der Waals surface area contributed by atoms with Crippen molar-refractivity contribution in [2.24, 2.45) is 0 Å². The number of aromatic nitrogens is 2. The molecular formula is C20H27N3O3. The van der Waals surface area contributed by atoms with Crippen molar-refractivity contribution in [3.8, 4) is 11.4 Å². The summed E-state index contributed by atoms with van der Waals surface area (Å²) in [6.07, 6.45) is 2.78. The summed E-state index contributed by atoms with van der Waals surface area (Å²) in [5, 5.41) is 0. The molecule has 140 valence electrons. The van der Waals surface area contributed by atoms with Crippen LogP contribution in [-0.2, 0) is 22.4 Å². The van der Waals surface area contributed by atoms with E-state index in [9.17, 15) is 4.79 Å². The fourth-order valence-corrected chi connectivity index (χ4v) is 3.34. The Bertz CT molecular complexity index is 769. The molecule has 1 aromatic carbocycles. The lowest BCUT2D eigenvalue weighted by atomic mass is 10.1. The monoisotopic (exact) mass is 357 g/mol. The smallest absolute Gasteiger partial charge is 0.251 e. The van der Waals surface area contributed by atoms with Gasteiger partial charge in [0.2, 0.25) is 0 Å². The zero-order valence-electron chi connectivity index (χ0n) is 15.5. The predicted octanol–water partition coefficient (Wildman–Crippen LogP) is 2.24. The van der Waals surface area contributed by atoms with Gasteiger partial charge in [0.25, 0.3) is 5.56 Å². The molecule has 0 radical (unpaired) electrons. The van der Waals surface area contributed by atoms with Gasteiger partial charge in [0.1, 0.15) is 5.82 Å². The number of methoxy groups -OCH3 is 1. The van der Waals surface area contributed by atoms with Gasteiger partial charge in [0.15, 0.2) is 0 Å². The van der Waals surface area contributed by atoms with E-state index in [-0.39, 0.29) is 5.56 Å². The minimum absolute atomic E-state index is 0.133. The van der Waals surface area contributed by atoms with Gasteiger partial charge in [0, 0.05) is 51.0 Å². The molecule has 1 fully saturated rings. The first-order chi connectivity index (χ1) is 12.7. The topological polar surface area (TPSA) is 67.5 Å². The maximum absolute atomic E-state index is 12.0. The van der Waals surface area contributed by atoms with Crippen molar-refractivity contribution < 1.29 is 9.47 Å². The molecule has 0 atom stereocenters. The lowest BCUT2D eigenvalue weighted by molar-refractivity contribution is 0.0407. The van der Waals surface area contributed by atoms with Crippen LogP contribution in [0.25, 0.3) is 11.4 Å². The van der Waals surface area contributed by atoms with Crippen molar-refractivity contribution in [1.29, 1.82) is 0 Å². The molecule has 6 nitrogen and oxygen atoms in total. The number of ether oxygens (including phenoxy) is 2. The first-order valence-electron chi connectivity index (χ1n) is 9.12. The number of rotatable bonds is 7. The van der Waals surface area contributed by atoms with Gasteiger partial charge in [-0.25, -0.2) is 4.98 Å². The molecule has 0 unspecified atom stereocenters. The van der Waals surface area contributed by atoms with Gasteiger partial charge in [-0.3, -0.25) is 9.69 Å². The molecule has 2 heterocycles. The molecule has 3 rings (SSSR count). The lowest BCUT2D eigenvalue weighted by Crippen LogP contribution is -2.36. The van der Waals surface area contributed by atoms with Crippen molar-refractivity contribution in [3.05, 3.63) is 51.9 Å². The number of aromatic amines is 1. The van der Waals surface area contributed by atoms with E-state index < -0.39 is 0 Å². The molecule has 0 saturated carbocycles. The molecule has 6 heteroatoms. The van der Waals surface area contributed by atoms with Crippen LogP contribution < -0.4 is 5.56 Å². The number of nitrogens with zero attached hydrogens (tertiary/aromatic N) is 2. The first kappa shape index (κ1) is 18.8. The Labute approximate surface area is 154 Å². The van der Waals surface area contributed by atoms with E-state index in [1.807, 2.05) is 12.1 Å². The third-order valence-corrected chi connectivity index (χ3v) is 4.80. The molecular weight excluding hydrogens is 330 g/mol. The van der Waals surface area contributed by atoms with Crippen LogP contribution in [0.5, 0.6) is 0 Å². The van der Waals surface area contributed by atoms with E-state index in [0.29, 0.717) is 24.9 Å². The van der Waals surface area contributed by atoms with Crippen LogP contribution in [0.15, 0.2) is 35.1 Å². The van der Waals surface area contributed by atoms with Crippen molar-refractivity contribution in [1.82, 2.24) is 14.9 Å². The van der Waals surface area contributed by atoms with Gasteiger partial charge in [-0.15, -0.1) is 0 Å². The Morgan fingerprint density at radius 1 is 1.31 bits per heavy atom. The Hall–Kier alpha value is -2.02. The Kier molecular flexibility index (Phi) is 6.55. The van der Waals surface area contributed by atoms with Crippen LogP contribution in [0.4, 0.5) is 0 Å². The highest BCUT2D eigenvalue weighted by Crippen LogP contribution is 2.19. The van der Waals surface area contributed by atoms with Crippen molar-refractivity contribution in [2.75, 3.05) is 34.0 Å². The van der Waals surface area contributed by atoms with Crippen LogP contribution >= 0.6 is 0 Å².